The maximum atomic E-state index is 5.77. The molecule has 0 amide bonds. The van der Waals surface area contributed by atoms with Crippen LogP contribution in [0, 0.1) is 0 Å². The Balaban J connectivity index is 1.94. The Bertz CT molecular complexity index is 583. The number of rotatable bonds is 8. The van der Waals surface area contributed by atoms with Gasteiger partial charge in [-0.1, -0.05) is 56.5 Å². The quantitative estimate of drug-likeness (QED) is 0.500. The van der Waals surface area contributed by atoms with E-state index in [1.165, 1.54) is 19.3 Å². The number of ether oxygens (including phenoxy) is 1. The molecule has 0 saturated heterocycles. The number of hydrogen-bond donors (Lipinski definition) is 0. The molecule has 0 aliphatic heterocycles. The lowest BCUT2D eigenvalue weighted by atomic mass is 10.1. The van der Waals surface area contributed by atoms with Crippen molar-refractivity contribution in [1.82, 2.24) is 4.98 Å². The number of hydrogen-bond acceptors (Lipinski definition) is 3. The maximum absolute atomic E-state index is 5.77. The summed E-state index contributed by atoms with van der Waals surface area (Å²) in [5, 5.41) is 0.544. The van der Waals surface area contributed by atoms with Gasteiger partial charge < -0.3 is 4.74 Å². The Morgan fingerprint density at radius 2 is 1.86 bits per heavy atom. The monoisotopic (exact) mass is 313 g/mol. The number of thiocarbonyl (C=S) groups is 1. The zero-order valence-corrected chi connectivity index (χ0v) is 13.9. The number of benzene rings is 1. The van der Waals surface area contributed by atoms with Gasteiger partial charge in [0, 0.05) is 11.8 Å². The molecule has 0 fully saturated rings. The molecule has 116 valence electrons. The summed E-state index contributed by atoms with van der Waals surface area (Å²) in [5.74, 6) is 0. The highest BCUT2D eigenvalue weighted by atomic mass is 32.1. The van der Waals surface area contributed by atoms with Gasteiger partial charge in [-0.05, 0) is 42.8 Å². The zero-order valence-electron chi connectivity index (χ0n) is 13.1. The molecular formula is C19H23NOS. The van der Waals surface area contributed by atoms with E-state index in [2.05, 4.69) is 11.9 Å². The molecule has 0 atom stereocenters. The Morgan fingerprint density at radius 1 is 1.05 bits per heavy atom. The summed E-state index contributed by atoms with van der Waals surface area (Å²) < 4.78 is 5.77. The molecule has 2 aromatic rings. The van der Waals surface area contributed by atoms with Crippen LogP contribution in [-0.2, 0) is 17.8 Å². The van der Waals surface area contributed by atoms with Gasteiger partial charge in [-0.25, -0.2) is 0 Å². The van der Waals surface area contributed by atoms with E-state index < -0.39 is 0 Å². The van der Waals surface area contributed by atoms with E-state index in [1.807, 2.05) is 48.7 Å². The minimum Gasteiger partial charge on any atom is -0.478 e. The lowest BCUT2D eigenvalue weighted by molar-refractivity contribution is 0.302. The van der Waals surface area contributed by atoms with Crippen molar-refractivity contribution >= 4 is 17.3 Å². The van der Waals surface area contributed by atoms with Crippen LogP contribution in [0.4, 0.5) is 0 Å². The maximum Gasteiger partial charge on any atom is 0.193 e. The Labute approximate surface area is 138 Å². The van der Waals surface area contributed by atoms with Crippen LogP contribution in [0.5, 0.6) is 0 Å². The van der Waals surface area contributed by atoms with Crippen LogP contribution >= 0.6 is 12.2 Å². The molecule has 3 heteroatoms. The summed E-state index contributed by atoms with van der Waals surface area (Å²) in [4.78, 5) is 4.48. The Hall–Kier alpha value is -1.74. The second kappa shape index (κ2) is 9.31. The average molecular weight is 313 g/mol. The van der Waals surface area contributed by atoms with Crippen LogP contribution in [0.15, 0.2) is 48.7 Å². The smallest absolute Gasteiger partial charge is 0.193 e. The van der Waals surface area contributed by atoms with Gasteiger partial charge in [-0.3, -0.25) is 4.98 Å². The number of pyridine rings is 1. The van der Waals surface area contributed by atoms with E-state index in [0.717, 1.165) is 29.7 Å². The number of aryl methyl sites for hydroxylation is 1. The summed E-state index contributed by atoms with van der Waals surface area (Å²) >= 11 is 5.45. The Morgan fingerprint density at radius 3 is 2.64 bits per heavy atom. The summed E-state index contributed by atoms with van der Waals surface area (Å²) in [5.41, 5.74) is 3.14. The highest BCUT2D eigenvalue weighted by Gasteiger charge is 2.10. The van der Waals surface area contributed by atoms with E-state index in [9.17, 15) is 0 Å². The highest BCUT2D eigenvalue weighted by molar-refractivity contribution is 7.80. The fourth-order valence-electron chi connectivity index (χ4n) is 2.34. The topological polar surface area (TPSA) is 22.1 Å². The Kier molecular flexibility index (Phi) is 7.04. The molecule has 0 N–H and O–H groups in total. The number of nitrogens with zero attached hydrogens (tertiary/aromatic N) is 1. The van der Waals surface area contributed by atoms with Crippen molar-refractivity contribution in [3.05, 3.63) is 65.5 Å². The van der Waals surface area contributed by atoms with Crippen LogP contribution in [0.25, 0.3) is 0 Å². The van der Waals surface area contributed by atoms with Crippen LogP contribution < -0.4 is 0 Å². The molecule has 0 unspecified atom stereocenters. The first-order valence-corrected chi connectivity index (χ1v) is 8.37. The molecule has 0 spiro atoms. The van der Waals surface area contributed by atoms with E-state index in [1.54, 1.807) is 0 Å². The van der Waals surface area contributed by atoms with Gasteiger partial charge in [-0.2, -0.15) is 0 Å². The van der Waals surface area contributed by atoms with Gasteiger partial charge in [0.15, 0.2) is 5.05 Å². The van der Waals surface area contributed by atoms with E-state index >= 15 is 0 Å². The van der Waals surface area contributed by atoms with Crippen molar-refractivity contribution in [2.45, 2.75) is 45.6 Å². The molecule has 22 heavy (non-hydrogen) atoms. The molecule has 1 aromatic heterocycles. The molecule has 2 rings (SSSR count). The lowest BCUT2D eigenvalue weighted by Crippen LogP contribution is -2.08. The van der Waals surface area contributed by atoms with Crippen LogP contribution in [0.2, 0.25) is 0 Å². The summed E-state index contributed by atoms with van der Waals surface area (Å²) in [6, 6.07) is 14.0. The normalized spacial score (nSPS) is 10.4. The van der Waals surface area contributed by atoms with Gasteiger partial charge in [0.05, 0.1) is 5.69 Å². The third-order valence-corrected chi connectivity index (χ3v) is 3.93. The first kappa shape index (κ1) is 16.6. The fourth-order valence-corrected chi connectivity index (χ4v) is 2.59. The minimum absolute atomic E-state index is 0.504. The van der Waals surface area contributed by atoms with Gasteiger partial charge in [0.1, 0.15) is 6.61 Å². The fraction of sp³-hybridized carbons (Fsp3) is 0.368. The molecular weight excluding hydrogens is 290 g/mol. The second-order valence-corrected chi connectivity index (χ2v) is 5.74. The third kappa shape index (κ3) is 5.23. The molecule has 0 aliphatic carbocycles. The minimum atomic E-state index is 0.504. The van der Waals surface area contributed by atoms with Crippen molar-refractivity contribution in [3.8, 4) is 0 Å². The molecule has 0 bridgehead atoms. The van der Waals surface area contributed by atoms with Crippen LogP contribution in [-0.4, -0.2) is 10.0 Å². The number of unbranched alkanes of at least 4 members (excludes halogenated alkanes) is 3. The summed E-state index contributed by atoms with van der Waals surface area (Å²) in [6.45, 7) is 2.72. The van der Waals surface area contributed by atoms with Gasteiger partial charge in [-0.15, -0.1) is 0 Å². The van der Waals surface area contributed by atoms with Crippen molar-refractivity contribution in [2.75, 3.05) is 0 Å². The SMILES string of the molecule is CCCCCCc1ncccc1C(=S)OCc1ccccc1. The largest absolute Gasteiger partial charge is 0.478 e. The van der Waals surface area contributed by atoms with Crippen molar-refractivity contribution in [3.63, 3.8) is 0 Å². The van der Waals surface area contributed by atoms with Gasteiger partial charge in [0.2, 0.25) is 0 Å². The van der Waals surface area contributed by atoms with Crippen molar-refractivity contribution in [2.24, 2.45) is 0 Å². The molecule has 0 aliphatic rings. The van der Waals surface area contributed by atoms with Crippen molar-refractivity contribution < 1.29 is 4.74 Å². The first-order chi connectivity index (χ1) is 10.8. The molecule has 2 nitrogen and oxygen atoms in total. The zero-order chi connectivity index (χ0) is 15.6. The molecule has 1 heterocycles. The molecule has 0 radical (unpaired) electrons. The standard InChI is InChI=1S/C19H23NOS/c1-2-3-4-8-13-18-17(12-9-14-20-18)19(22)21-15-16-10-6-5-7-11-16/h5-7,9-12,14H,2-4,8,13,15H2,1H3. The third-order valence-electron chi connectivity index (χ3n) is 3.59. The lowest BCUT2D eigenvalue weighted by Gasteiger charge is -2.11. The second-order valence-electron chi connectivity index (χ2n) is 5.37. The predicted octanol–water partition coefficient (Wildman–Crippen LogP) is 5.10. The van der Waals surface area contributed by atoms with Crippen LogP contribution in [0.1, 0.15) is 49.4 Å². The van der Waals surface area contributed by atoms with E-state index in [-0.39, 0.29) is 0 Å². The number of aromatic nitrogens is 1. The average Bonchev–Trinajstić information content (AvgIpc) is 2.58. The van der Waals surface area contributed by atoms with Gasteiger partial charge >= 0.3 is 0 Å². The van der Waals surface area contributed by atoms with Crippen LogP contribution in [0.3, 0.4) is 0 Å². The predicted molar refractivity (Wildman–Crippen MR) is 95.0 cm³/mol. The van der Waals surface area contributed by atoms with E-state index in [4.69, 9.17) is 17.0 Å². The van der Waals surface area contributed by atoms with Gasteiger partial charge in [0.25, 0.3) is 0 Å². The molecule has 1 aromatic carbocycles. The summed E-state index contributed by atoms with van der Waals surface area (Å²) in [6.07, 6.45) is 7.71. The van der Waals surface area contributed by atoms with Crippen molar-refractivity contribution in [1.29, 1.82) is 0 Å². The highest BCUT2D eigenvalue weighted by Crippen LogP contribution is 2.14. The molecule has 0 saturated carbocycles. The van der Waals surface area contributed by atoms with E-state index in [0.29, 0.717) is 11.7 Å². The summed E-state index contributed by atoms with van der Waals surface area (Å²) in [7, 11) is 0. The first-order valence-electron chi connectivity index (χ1n) is 7.96.